The number of nitrogens with zero attached hydrogens (tertiary/aromatic N) is 3. The highest BCUT2D eigenvalue weighted by molar-refractivity contribution is 7.09. The van der Waals surface area contributed by atoms with Crippen molar-refractivity contribution in [1.29, 1.82) is 0 Å². The lowest BCUT2D eigenvalue weighted by Crippen LogP contribution is -2.44. The van der Waals surface area contributed by atoms with E-state index in [0.29, 0.717) is 0 Å². The third-order valence-electron chi connectivity index (χ3n) is 6.59. The number of benzene rings is 1. The van der Waals surface area contributed by atoms with Crippen LogP contribution in [0.1, 0.15) is 34.5 Å². The van der Waals surface area contributed by atoms with Crippen molar-refractivity contribution in [3.63, 3.8) is 0 Å². The van der Waals surface area contributed by atoms with Gasteiger partial charge in [-0.1, -0.05) is 24.3 Å². The van der Waals surface area contributed by atoms with Crippen LogP contribution in [0.25, 0.3) is 0 Å². The second kappa shape index (κ2) is 6.49. The minimum atomic E-state index is 0.726. The van der Waals surface area contributed by atoms with Gasteiger partial charge in [0.2, 0.25) is 0 Å². The average Bonchev–Trinajstić information content (AvgIpc) is 3.11. The fourth-order valence-corrected chi connectivity index (χ4v) is 5.97. The highest BCUT2D eigenvalue weighted by atomic mass is 32.1. The van der Waals surface area contributed by atoms with Crippen LogP contribution in [0.5, 0.6) is 0 Å². The fourth-order valence-electron chi connectivity index (χ4n) is 5.16. The first-order chi connectivity index (χ1) is 12.3. The van der Waals surface area contributed by atoms with Crippen LogP contribution in [0.15, 0.2) is 29.8 Å². The molecule has 0 saturated carbocycles. The lowest BCUT2D eigenvalue weighted by atomic mass is 9.95. The summed E-state index contributed by atoms with van der Waals surface area (Å²) in [5, 5.41) is 0. The van der Waals surface area contributed by atoms with Crippen LogP contribution in [0.2, 0.25) is 0 Å². The summed E-state index contributed by atoms with van der Waals surface area (Å²) in [6, 6.07) is 10.5. The molecule has 25 heavy (non-hydrogen) atoms. The molecule has 1 aromatic carbocycles. The zero-order chi connectivity index (χ0) is 16.8. The SMILES string of the molecule is Cc1ncsc1CN1C[C@H]2CC[C@@H]1CN(C1Cc3ccccc3C1)C2. The van der Waals surface area contributed by atoms with Crippen molar-refractivity contribution in [2.45, 2.75) is 51.2 Å². The van der Waals surface area contributed by atoms with Crippen molar-refractivity contribution in [3.05, 3.63) is 51.5 Å². The van der Waals surface area contributed by atoms with Crippen LogP contribution in [0.3, 0.4) is 0 Å². The van der Waals surface area contributed by atoms with Gasteiger partial charge in [0, 0.05) is 43.1 Å². The van der Waals surface area contributed by atoms with E-state index in [2.05, 4.69) is 46.0 Å². The fraction of sp³-hybridized carbons (Fsp3) is 0.571. The van der Waals surface area contributed by atoms with Gasteiger partial charge < -0.3 is 0 Å². The molecule has 0 radical (unpaired) electrons. The number of piperidine rings is 1. The lowest BCUT2D eigenvalue weighted by molar-refractivity contribution is 0.121. The van der Waals surface area contributed by atoms with Crippen LogP contribution < -0.4 is 0 Å². The Morgan fingerprint density at radius 3 is 2.56 bits per heavy atom. The zero-order valence-corrected chi connectivity index (χ0v) is 15.8. The Morgan fingerprint density at radius 1 is 1.04 bits per heavy atom. The normalized spacial score (nSPS) is 27.6. The predicted molar refractivity (Wildman–Crippen MR) is 103 cm³/mol. The minimum absolute atomic E-state index is 0.726. The van der Waals surface area contributed by atoms with E-state index in [1.807, 2.05) is 16.8 Å². The van der Waals surface area contributed by atoms with Crippen LogP contribution >= 0.6 is 11.3 Å². The maximum Gasteiger partial charge on any atom is 0.0798 e. The molecule has 0 amide bonds. The molecule has 6 rings (SSSR count). The summed E-state index contributed by atoms with van der Waals surface area (Å²) < 4.78 is 0. The van der Waals surface area contributed by atoms with Crippen LogP contribution in [-0.2, 0) is 19.4 Å². The monoisotopic (exact) mass is 353 g/mol. The molecule has 4 heterocycles. The molecule has 0 N–H and O–H groups in total. The third kappa shape index (κ3) is 3.05. The topological polar surface area (TPSA) is 19.4 Å². The Labute approximate surface area is 154 Å². The Kier molecular flexibility index (Phi) is 4.15. The molecule has 3 saturated heterocycles. The molecular formula is C21H27N3S. The quantitative estimate of drug-likeness (QED) is 0.842. The maximum absolute atomic E-state index is 4.45. The second-order valence-corrected chi connectivity index (χ2v) is 9.11. The number of hydrogen-bond acceptors (Lipinski definition) is 4. The van der Waals surface area contributed by atoms with Crippen molar-refractivity contribution in [2.75, 3.05) is 19.6 Å². The Morgan fingerprint density at radius 2 is 1.84 bits per heavy atom. The van der Waals surface area contributed by atoms with Gasteiger partial charge in [0.05, 0.1) is 11.2 Å². The first kappa shape index (κ1) is 16.0. The number of aryl methyl sites for hydroxylation is 1. The molecule has 132 valence electrons. The van der Waals surface area contributed by atoms with E-state index in [1.165, 1.54) is 55.9 Å². The van der Waals surface area contributed by atoms with Gasteiger partial charge in [-0.25, -0.2) is 4.98 Å². The van der Waals surface area contributed by atoms with E-state index in [9.17, 15) is 0 Å². The molecule has 3 nitrogen and oxygen atoms in total. The maximum atomic E-state index is 4.45. The Balaban J connectivity index is 1.31. The predicted octanol–water partition coefficient (Wildman–Crippen LogP) is 3.52. The smallest absolute Gasteiger partial charge is 0.0798 e. The van der Waals surface area contributed by atoms with E-state index >= 15 is 0 Å². The first-order valence-electron chi connectivity index (χ1n) is 9.70. The zero-order valence-electron chi connectivity index (χ0n) is 15.0. The molecule has 3 aliphatic heterocycles. The average molecular weight is 354 g/mol. The number of rotatable bonds is 3. The van der Waals surface area contributed by atoms with Gasteiger partial charge >= 0.3 is 0 Å². The van der Waals surface area contributed by atoms with E-state index < -0.39 is 0 Å². The standard InChI is InChI=1S/C21H27N3S/c1-15-21(25-14-22-15)13-24-11-16-6-7-19(24)12-23(10-16)20-8-17-4-2-3-5-18(17)9-20/h2-5,14,16,19-20H,6-13H2,1H3/t16-,19+/m0/s1. The molecule has 1 aliphatic carbocycles. The minimum Gasteiger partial charge on any atom is -0.298 e. The van der Waals surface area contributed by atoms with Crippen molar-refractivity contribution < 1.29 is 0 Å². The summed E-state index contributed by atoms with van der Waals surface area (Å²) in [6.45, 7) is 7.10. The molecule has 2 aromatic rings. The third-order valence-corrected chi connectivity index (χ3v) is 7.51. The van der Waals surface area contributed by atoms with Gasteiger partial charge in [-0.2, -0.15) is 0 Å². The second-order valence-electron chi connectivity index (χ2n) is 8.17. The number of aromatic nitrogens is 1. The highest BCUT2D eigenvalue weighted by Crippen LogP contribution is 2.34. The number of hydrogen-bond donors (Lipinski definition) is 0. The summed E-state index contributed by atoms with van der Waals surface area (Å²) in [7, 11) is 0. The van der Waals surface area contributed by atoms with Gasteiger partial charge in [-0.3, -0.25) is 9.80 Å². The molecule has 4 aliphatic rings. The van der Waals surface area contributed by atoms with Crippen LogP contribution in [-0.4, -0.2) is 46.5 Å². The summed E-state index contributed by atoms with van der Waals surface area (Å²) >= 11 is 1.83. The highest BCUT2D eigenvalue weighted by Gasteiger charge is 2.38. The number of thiazole rings is 1. The van der Waals surface area contributed by atoms with E-state index in [1.54, 1.807) is 11.1 Å². The Hall–Kier alpha value is -1.23. The molecule has 2 atom stereocenters. The van der Waals surface area contributed by atoms with Crippen molar-refractivity contribution in [2.24, 2.45) is 5.92 Å². The number of fused-ring (bicyclic) bond motifs is 5. The summed E-state index contributed by atoms with van der Waals surface area (Å²) in [4.78, 5) is 11.5. The van der Waals surface area contributed by atoms with E-state index in [0.717, 1.165) is 24.5 Å². The van der Waals surface area contributed by atoms with Gasteiger partial charge in [0.25, 0.3) is 0 Å². The van der Waals surface area contributed by atoms with E-state index in [-0.39, 0.29) is 0 Å². The van der Waals surface area contributed by atoms with Gasteiger partial charge in [-0.15, -0.1) is 11.3 Å². The van der Waals surface area contributed by atoms with E-state index in [4.69, 9.17) is 0 Å². The van der Waals surface area contributed by atoms with Gasteiger partial charge in [-0.05, 0) is 49.7 Å². The molecule has 0 spiro atoms. The molecule has 2 bridgehead atoms. The molecule has 0 unspecified atom stereocenters. The summed E-state index contributed by atoms with van der Waals surface area (Å²) in [5.74, 6) is 0.843. The van der Waals surface area contributed by atoms with Crippen molar-refractivity contribution in [1.82, 2.24) is 14.8 Å². The van der Waals surface area contributed by atoms with Crippen LogP contribution in [0, 0.1) is 12.8 Å². The van der Waals surface area contributed by atoms with Gasteiger partial charge in [0.1, 0.15) is 0 Å². The summed E-state index contributed by atoms with van der Waals surface area (Å²) in [6.07, 6.45) is 5.30. The Bertz CT molecular complexity index is 730. The molecule has 1 aromatic heterocycles. The molecular weight excluding hydrogens is 326 g/mol. The summed E-state index contributed by atoms with van der Waals surface area (Å²) in [5.41, 5.74) is 6.40. The molecule has 4 heteroatoms. The lowest BCUT2D eigenvalue weighted by Gasteiger charge is -2.36. The van der Waals surface area contributed by atoms with Gasteiger partial charge in [0.15, 0.2) is 0 Å². The van der Waals surface area contributed by atoms with Crippen molar-refractivity contribution >= 4 is 11.3 Å². The van der Waals surface area contributed by atoms with Crippen molar-refractivity contribution in [3.8, 4) is 0 Å². The van der Waals surface area contributed by atoms with Crippen LogP contribution in [0.4, 0.5) is 0 Å². The first-order valence-corrected chi connectivity index (χ1v) is 10.6. The largest absolute Gasteiger partial charge is 0.298 e. The molecule has 3 fully saturated rings.